The van der Waals surface area contributed by atoms with Crippen LogP contribution < -0.4 is 5.32 Å². The van der Waals surface area contributed by atoms with Crippen LogP contribution in [0.15, 0.2) is 0 Å². The van der Waals surface area contributed by atoms with Gasteiger partial charge in [-0.1, -0.05) is 6.42 Å². The predicted molar refractivity (Wildman–Crippen MR) is 78.6 cm³/mol. The minimum absolute atomic E-state index is 0.0402. The standard InChI is InChI=1S/C15H25NO2S/c17-14(13-3-1-2-7-16-13)12-4-8-18-15(11-12)5-9-19-10-6-15/h12-13,16H,1-11H2. The number of Topliss-reactive ketones (excluding diaryl/α,β-unsaturated/α-hetero) is 1. The van der Waals surface area contributed by atoms with Crippen LogP contribution in [0, 0.1) is 5.92 Å². The summed E-state index contributed by atoms with van der Waals surface area (Å²) in [5, 5.41) is 3.41. The summed E-state index contributed by atoms with van der Waals surface area (Å²) in [6.07, 6.45) is 7.65. The van der Waals surface area contributed by atoms with Gasteiger partial charge in [0.1, 0.15) is 0 Å². The molecule has 3 rings (SSSR count). The first-order valence-electron chi connectivity index (χ1n) is 7.78. The van der Waals surface area contributed by atoms with Crippen LogP contribution in [0.3, 0.4) is 0 Å². The van der Waals surface area contributed by atoms with Gasteiger partial charge < -0.3 is 10.1 Å². The van der Waals surface area contributed by atoms with E-state index < -0.39 is 0 Å². The number of ether oxygens (including phenoxy) is 1. The van der Waals surface area contributed by atoms with Crippen LogP contribution in [-0.4, -0.2) is 42.1 Å². The molecule has 2 atom stereocenters. The van der Waals surface area contributed by atoms with Crippen molar-refractivity contribution >= 4 is 17.5 Å². The summed E-state index contributed by atoms with van der Waals surface area (Å²) in [7, 11) is 0. The van der Waals surface area contributed by atoms with Gasteiger partial charge in [0.2, 0.25) is 0 Å². The summed E-state index contributed by atoms with van der Waals surface area (Å²) >= 11 is 2.02. The molecule has 0 aromatic heterocycles. The van der Waals surface area contributed by atoms with Crippen LogP contribution in [0.4, 0.5) is 0 Å². The highest BCUT2D eigenvalue weighted by molar-refractivity contribution is 7.99. The van der Waals surface area contributed by atoms with E-state index in [1.165, 1.54) is 24.3 Å². The highest BCUT2D eigenvalue weighted by Gasteiger charge is 2.42. The molecule has 0 aliphatic carbocycles. The monoisotopic (exact) mass is 283 g/mol. The van der Waals surface area contributed by atoms with Crippen molar-refractivity contribution in [2.45, 2.75) is 56.6 Å². The summed E-state index contributed by atoms with van der Waals surface area (Å²) < 4.78 is 6.09. The molecule has 3 fully saturated rings. The van der Waals surface area contributed by atoms with E-state index in [4.69, 9.17) is 4.74 Å². The minimum atomic E-state index is 0.0402. The number of hydrogen-bond donors (Lipinski definition) is 1. The summed E-state index contributed by atoms with van der Waals surface area (Å²) in [6, 6.07) is 0.131. The van der Waals surface area contributed by atoms with Crippen molar-refractivity contribution in [3.05, 3.63) is 0 Å². The maximum Gasteiger partial charge on any atom is 0.153 e. The molecule has 3 heterocycles. The van der Waals surface area contributed by atoms with Gasteiger partial charge in [0.05, 0.1) is 11.6 Å². The molecule has 3 nitrogen and oxygen atoms in total. The van der Waals surface area contributed by atoms with Crippen molar-refractivity contribution in [2.75, 3.05) is 24.7 Å². The lowest BCUT2D eigenvalue weighted by Gasteiger charge is -2.43. The zero-order valence-corrected chi connectivity index (χ0v) is 12.5. The highest BCUT2D eigenvalue weighted by atomic mass is 32.2. The van der Waals surface area contributed by atoms with E-state index in [1.807, 2.05) is 11.8 Å². The van der Waals surface area contributed by atoms with Crippen LogP contribution in [0.1, 0.15) is 44.9 Å². The lowest BCUT2D eigenvalue weighted by atomic mass is 9.78. The smallest absolute Gasteiger partial charge is 0.153 e. The molecule has 0 amide bonds. The van der Waals surface area contributed by atoms with Crippen LogP contribution in [0.25, 0.3) is 0 Å². The maximum atomic E-state index is 12.7. The second kappa shape index (κ2) is 6.15. The number of nitrogens with one attached hydrogen (secondary N) is 1. The maximum absolute atomic E-state index is 12.7. The molecule has 1 spiro atoms. The second-order valence-corrected chi connectivity index (χ2v) is 7.46. The molecule has 2 unspecified atom stereocenters. The Morgan fingerprint density at radius 3 is 2.79 bits per heavy atom. The van der Waals surface area contributed by atoms with Gasteiger partial charge in [0.25, 0.3) is 0 Å². The second-order valence-electron chi connectivity index (χ2n) is 6.24. The quantitative estimate of drug-likeness (QED) is 0.844. The van der Waals surface area contributed by atoms with E-state index in [-0.39, 0.29) is 17.6 Å². The molecule has 19 heavy (non-hydrogen) atoms. The zero-order chi connectivity index (χ0) is 13.1. The summed E-state index contributed by atoms with van der Waals surface area (Å²) in [4.78, 5) is 12.7. The highest BCUT2D eigenvalue weighted by Crippen LogP contribution is 2.40. The Hall–Kier alpha value is -0.0600. The number of hydrogen-bond acceptors (Lipinski definition) is 4. The average Bonchev–Trinajstić information content (AvgIpc) is 2.48. The summed E-state index contributed by atoms with van der Waals surface area (Å²) in [5.41, 5.74) is 0.0402. The first-order valence-corrected chi connectivity index (χ1v) is 8.93. The number of carbonyl (C=O) groups excluding carboxylic acids is 1. The van der Waals surface area contributed by atoms with Gasteiger partial charge in [0.15, 0.2) is 5.78 Å². The summed E-state index contributed by atoms with van der Waals surface area (Å²) in [6.45, 7) is 1.80. The van der Waals surface area contributed by atoms with Gasteiger partial charge in [-0.2, -0.15) is 11.8 Å². The van der Waals surface area contributed by atoms with Crippen molar-refractivity contribution in [2.24, 2.45) is 5.92 Å². The molecule has 0 saturated carbocycles. The molecule has 108 valence electrons. The molecule has 3 aliphatic rings. The van der Waals surface area contributed by atoms with E-state index in [1.54, 1.807) is 0 Å². The Morgan fingerprint density at radius 1 is 1.21 bits per heavy atom. The third-order valence-corrected chi connectivity index (χ3v) is 5.94. The number of piperidine rings is 1. The molecule has 0 aromatic carbocycles. The molecule has 0 bridgehead atoms. The van der Waals surface area contributed by atoms with Gasteiger partial charge in [-0.25, -0.2) is 0 Å². The van der Waals surface area contributed by atoms with Crippen molar-refractivity contribution < 1.29 is 9.53 Å². The first kappa shape index (κ1) is 13.9. The topological polar surface area (TPSA) is 38.3 Å². The number of thioether (sulfide) groups is 1. The molecular formula is C15H25NO2S. The SMILES string of the molecule is O=C(C1CCOC2(CCSCC2)C1)C1CCCCN1. The van der Waals surface area contributed by atoms with E-state index >= 15 is 0 Å². The van der Waals surface area contributed by atoms with E-state index in [9.17, 15) is 4.79 Å². The van der Waals surface area contributed by atoms with Gasteiger partial charge in [-0.05, 0) is 56.6 Å². The number of ketones is 1. The molecular weight excluding hydrogens is 258 g/mol. The molecule has 1 N–H and O–H groups in total. The predicted octanol–water partition coefficient (Wildman–Crippen LogP) is 2.39. The normalized spacial score (nSPS) is 35.2. The Balaban J connectivity index is 1.62. The fourth-order valence-corrected chi connectivity index (χ4v) is 4.98. The van der Waals surface area contributed by atoms with Gasteiger partial charge in [0, 0.05) is 12.5 Å². The minimum Gasteiger partial charge on any atom is -0.375 e. The molecule has 3 saturated heterocycles. The Bertz CT molecular complexity index is 317. The molecule has 4 heteroatoms. The van der Waals surface area contributed by atoms with Gasteiger partial charge >= 0.3 is 0 Å². The van der Waals surface area contributed by atoms with E-state index in [0.717, 1.165) is 45.3 Å². The zero-order valence-electron chi connectivity index (χ0n) is 11.7. The third-order valence-electron chi connectivity index (χ3n) is 4.95. The van der Waals surface area contributed by atoms with Crippen molar-refractivity contribution in [1.82, 2.24) is 5.32 Å². The van der Waals surface area contributed by atoms with E-state index in [2.05, 4.69) is 5.32 Å². The van der Waals surface area contributed by atoms with Crippen LogP contribution in [0.2, 0.25) is 0 Å². The summed E-state index contributed by atoms with van der Waals surface area (Å²) in [5.74, 6) is 3.11. The Labute approximate surface area is 120 Å². The van der Waals surface area contributed by atoms with Crippen molar-refractivity contribution in [3.63, 3.8) is 0 Å². The van der Waals surface area contributed by atoms with Crippen molar-refractivity contribution in [1.29, 1.82) is 0 Å². The number of carbonyl (C=O) groups is 1. The molecule has 3 aliphatic heterocycles. The largest absolute Gasteiger partial charge is 0.375 e. The lowest BCUT2D eigenvalue weighted by molar-refractivity contribution is -0.140. The molecule has 0 radical (unpaired) electrons. The fourth-order valence-electron chi connectivity index (χ4n) is 3.74. The number of rotatable bonds is 2. The van der Waals surface area contributed by atoms with Crippen LogP contribution in [-0.2, 0) is 9.53 Å². The van der Waals surface area contributed by atoms with Crippen LogP contribution >= 0.6 is 11.8 Å². The lowest BCUT2D eigenvalue weighted by Crippen LogP contribution is -2.49. The molecule has 0 aromatic rings. The van der Waals surface area contributed by atoms with Gasteiger partial charge in [-0.15, -0.1) is 0 Å². The van der Waals surface area contributed by atoms with E-state index in [0.29, 0.717) is 5.78 Å². The average molecular weight is 283 g/mol. The first-order chi connectivity index (χ1) is 9.29. The van der Waals surface area contributed by atoms with Crippen LogP contribution in [0.5, 0.6) is 0 Å². The Kier molecular flexibility index (Phi) is 4.50. The fraction of sp³-hybridized carbons (Fsp3) is 0.933. The Morgan fingerprint density at radius 2 is 2.05 bits per heavy atom. The van der Waals surface area contributed by atoms with Gasteiger partial charge in [-0.3, -0.25) is 4.79 Å². The van der Waals surface area contributed by atoms with Crippen molar-refractivity contribution in [3.8, 4) is 0 Å². The third kappa shape index (κ3) is 3.17.